The predicted octanol–water partition coefficient (Wildman–Crippen LogP) is 2.99. The third-order valence-corrected chi connectivity index (χ3v) is 2.65. The molecule has 0 aliphatic heterocycles. The molecule has 0 fully saturated rings. The number of ether oxygens (including phenoxy) is 3. The van der Waals surface area contributed by atoms with Crippen LogP contribution in [-0.2, 0) is 0 Å². The fourth-order valence-electron chi connectivity index (χ4n) is 1.78. The number of nitrogens with one attached hydrogen (secondary N) is 1. The first-order chi connectivity index (χ1) is 9.67. The smallest absolute Gasteiger partial charge is 0.214 e. The van der Waals surface area contributed by atoms with Gasteiger partial charge in [-0.1, -0.05) is 6.07 Å². The lowest BCUT2D eigenvalue weighted by atomic mass is 10.2. The maximum atomic E-state index is 13.1. The van der Waals surface area contributed by atoms with Gasteiger partial charge in [-0.05, 0) is 12.1 Å². The van der Waals surface area contributed by atoms with E-state index in [1.165, 1.54) is 27.4 Å². The SMILES string of the molecule is COc1cc(Nc2cccc(F)n2)cc(OC)c1OC. The second-order valence-corrected chi connectivity index (χ2v) is 3.88. The molecule has 0 bridgehead atoms. The number of hydrogen-bond donors (Lipinski definition) is 1. The molecule has 5 nitrogen and oxygen atoms in total. The van der Waals surface area contributed by atoms with Crippen LogP contribution in [0.2, 0.25) is 0 Å². The van der Waals surface area contributed by atoms with Gasteiger partial charge in [-0.15, -0.1) is 0 Å². The minimum absolute atomic E-state index is 0.388. The Labute approximate surface area is 116 Å². The lowest BCUT2D eigenvalue weighted by Gasteiger charge is -2.14. The molecular weight excluding hydrogens is 263 g/mol. The Bertz CT molecular complexity index is 580. The van der Waals surface area contributed by atoms with Gasteiger partial charge < -0.3 is 19.5 Å². The van der Waals surface area contributed by atoms with Crippen molar-refractivity contribution >= 4 is 11.5 Å². The van der Waals surface area contributed by atoms with Crippen LogP contribution in [0, 0.1) is 5.95 Å². The van der Waals surface area contributed by atoms with Gasteiger partial charge in [-0.3, -0.25) is 0 Å². The largest absolute Gasteiger partial charge is 0.493 e. The molecule has 6 heteroatoms. The fourth-order valence-corrected chi connectivity index (χ4v) is 1.78. The van der Waals surface area contributed by atoms with Crippen LogP contribution in [0.5, 0.6) is 17.2 Å². The number of nitrogens with zero attached hydrogens (tertiary/aromatic N) is 1. The zero-order chi connectivity index (χ0) is 14.5. The van der Waals surface area contributed by atoms with E-state index in [0.717, 1.165) is 0 Å². The van der Waals surface area contributed by atoms with Gasteiger partial charge in [0.25, 0.3) is 0 Å². The molecule has 0 amide bonds. The maximum Gasteiger partial charge on any atom is 0.214 e. The summed E-state index contributed by atoms with van der Waals surface area (Å²) in [7, 11) is 4.59. The number of aromatic nitrogens is 1. The Morgan fingerprint density at radius 3 is 2.15 bits per heavy atom. The van der Waals surface area contributed by atoms with E-state index in [2.05, 4.69) is 10.3 Å². The van der Waals surface area contributed by atoms with Crippen molar-refractivity contribution in [3.63, 3.8) is 0 Å². The van der Waals surface area contributed by atoms with E-state index >= 15 is 0 Å². The van der Waals surface area contributed by atoms with Crippen LogP contribution >= 0.6 is 0 Å². The summed E-state index contributed by atoms with van der Waals surface area (Å²) in [6.45, 7) is 0. The second kappa shape index (κ2) is 6.10. The Balaban J connectivity index is 2.37. The molecule has 106 valence electrons. The topological polar surface area (TPSA) is 52.6 Å². The Morgan fingerprint density at radius 1 is 1.00 bits per heavy atom. The zero-order valence-electron chi connectivity index (χ0n) is 11.4. The Hall–Kier alpha value is -2.50. The first-order valence-corrected chi connectivity index (χ1v) is 5.87. The minimum atomic E-state index is -0.553. The van der Waals surface area contributed by atoms with E-state index in [9.17, 15) is 4.39 Å². The molecule has 0 saturated carbocycles. The van der Waals surface area contributed by atoms with Crippen LogP contribution in [0.4, 0.5) is 15.9 Å². The fraction of sp³-hybridized carbons (Fsp3) is 0.214. The van der Waals surface area contributed by atoms with Gasteiger partial charge in [-0.2, -0.15) is 4.39 Å². The standard InChI is InChI=1S/C14H15FN2O3/c1-18-10-7-9(8-11(19-2)14(10)20-3)16-13-6-4-5-12(15)17-13/h4-8H,1-3H3,(H,16,17). The van der Waals surface area contributed by atoms with E-state index in [1.54, 1.807) is 24.3 Å². The summed E-state index contributed by atoms with van der Waals surface area (Å²) in [5.41, 5.74) is 0.651. The highest BCUT2D eigenvalue weighted by molar-refractivity contribution is 5.66. The van der Waals surface area contributed by atoms with E-state index in [-0.39, 0.29) is 0 Å². The molecule has 0 radical (unpaired) electrons. The van der Waals surface area contributed by atoms with Gasteiger partial charge in [0.1, 0.15) is 5.82 Å². The highest BCUT2D eigenvalue weighted by Crippen LogP contribution is 2.40. The zero-order valence-corrected chi connectivity index (χ0v) is 11.4. The second-order valence-electron chi connectivity index (χ2n) is 3.88. The molecule has 0 saturated heterocycles. The van der Waals surface area contributed by atoms with Crippen molar-refractivity contribution in [1.29, 1.82) is 0 Å². The number of anilines is 2. The highest BCUT2D eigenvalue weighted by atomic mass is 19.1. The number of hydrogen-bond acceptors (Lipinski definition) is 5. The van der Waals surface area contributed by atoms with E-state index < -0.39 is 5.95 Å². The summed E-state index contributed by atoms with van der Waals surface area (Å²) < 4.78 is 28.8. The molecule has 0 spiro atoms. The molecule has 2 rings (SSSR count). The molecule has 1 N–H and O–H groups in total. The van der Waals surface area contributed by atoms with Crippen molar-refractivity contribution in [2.75, 3.05) is 26.6 Å². The molecule has 0 unspecified atom stereocenters. The Morgan fingerprint density at radius 2 is 1.65 bits per heavy atom. The number of rotatable bonds is 5. The van der Waals surface area contributed by atoms with Crippen molar-refractivity contribution in [3.8, 4) is 17.2 Å². The van der Waals surface area contributed by atoms with Crippen LogP contribution in [0.3, 0.4) is 0 Å². The first-order valence-electron chi connectivity index (χ1n) is 5.87. The Kier molecular flexibility index (Phi) is 4.24. The van der Waals surface area contributed by atoms with Crippen LogP contribution < -0.4 is 19.5 Å². The summed E-state index contributed by atoms with van der Waals surface area (Å²) in [4.78, 5) is 3.73. The summed E-state index contributed by atoms with van der Waals surface area (Å²) in [6.07, 6.45) is 0. The minimum Gasteiger partial charge on any atom is -0.493 e. The monoisotopic (exact) mass is 278 g/mol. The molecule has 1 aromatic carbocycles. The molecule has 0 aliphatic rings. The lowest BCUT2D eigenvalue weighted by molar-refractivity contribution is 0.324. The third-order valence-electron chi connectivity index (χ3n) is 2.65. The normalized spacial score (nSPS) is 10.0. The number of halogens is 1. The molecule has 0 aliphatic carbocycles. The molecule has 2 aromatic rings. The number of benzene rings is 1. The van der Waals surface area contributed by atoms with Gasteiger partial charge in [0.15, 0.2) is 11.5 Å². The van der Waals surface area contributed by atoms with Crippen molar-refractivity contribution in [1.82, 2.24) is 4.98 Å². The summed E-state index contributed by atoms with van der Waals surface area (Å²) in [5, 5.41) is 2.98. The molecule has 1 aromatic heterocycles. The van der Waals surface area contributed by atoms with Crippen molar-refractivity contribution < 1.29 is 18.6 Å². The van der Waals surface area contributed by atoms with Crippen molar-refractivity contribution in [3.05, 3.63) is 36.3 Å². The lowest BCUT2D eigenvalue weighted by Crippen LogP contribution is -1.99. The number of methoxy groups -OCH3 is 3. The molecule has 0 atom stereocenters. The predicted molar refractivity (Wildman–Crippen MR) is 73.6 cm³/mol. The van der Waals surface area contributed by atoms with Gasteiger partial charge in [0.05, 0.1) is 21.3 Å². The maximum absolute atomic E-state index is 13.1. The summed E-state index contributed by atoms with van der Waals surface area (Å²) in [6, 6.07) is 7.94. The molecular formula is C14H15FN2O3. The summed E-state index contributed by atoms with van der Waals surface area (Å²) in [5.74, 6) is 1.34. The van der Waals surface area contributed by atoms with Gasteiger partial charge in [0.2, 0.25) is 11.7 Å². The van der Waals surface area contributed by atoms with Crippen molar-refractivity contribution in [2.24, 2.45) is 0 Å². The molecule has 1 heterocycles. The first kappa shape index (κ1) is 13.9. The van der Waals surface area contributed by atoms with Gasteiger partial charge in [0, 0.05) is 17.8 Å². The van der Waals surface area contributed by atoms with Crippen molar-refractivity contribution in [2.45, 2.75) is 0 Å². The van der Waals surface area contributed by atoms with E-state index in [0.29, 0.717) is 28.8 Å². The highest BCUT2D eigenvalue weighted by Gasteiger charge is 2.13. The van der Waals surface area contributed by atoms with E-state index in [1.807, 2.05) is 0 Å². The number of pyridine rings is 1. The summed E-state index contributed by atoms with van der Waals surface area (Å²) >= 11 is 0. The van der Waals surface area contributed by atoms with Gasteiger partial charge in [-0.25, -0.2) is 4.98 Å². The van der Waals surface area contributed by atoms with Crippen LogP contribution in [-0.4, -0.2) is 26.3 Å². The average Bonchev–Trinajstić information content (AvgIpc) is 2.46. The average molecular weight is 278 g/mol. The van der Waals surface area contributed by atoms with Gasteiger partial charge >= 0.3 is 0 Å². The quantitative estimate of drug-likeness (QED) is 0.852. The van der Waals surface area contributed by atoms with Crippen LogP contribution in [0.15, 0.2) is 30.3 Å². The van der Waals surface area contributed by atoms with Crippen LogP contribution in [0.1, 0.15) is 0 Å². The third kappa shape index (κ3) is 2.90. The van der Waals surface area contributed by atoms with Crippen LogP contribution in [0.25, 0.3) is 0 Å². The molecule has 20 heavy (non-hydrogen) atoms. The van der Waals surface area contributed by atoms with E-state index in [4.69, 9.17) is 14.2 Å².